The van der Waals surface area contributed by atoms with Gasteiger partial charge in [0.05, 0.1) is 40.9 Å². The number of carbonyl (C=O) groups is 4. The maximum Gasteiger partial charge on any atom is 0.417 e. The fourth-order valence-corrected chi connectivity index (χ4v) is 10.9. The second-order valence-corrected chi connectivity index (χ2v) is 17.6. The average Bonchev–Trinajstić information content (AvgIpc) is 3.65. The van der Waals surface area contributed by atoms with Crippen LogP contribution in [0.1, 0.15) is 47.9 Å². The third kappa shape index (κ3) is 7.35. The van der Waals surface area contributed by atoms with Crippen LogP contribution in [0.5, 0.6) is 11.5 Å². The lowest BCUT2D eigenvalue weighted by atomic mass is 9.50. The molecule has 3 aliphatic heterocycles. The molecule has 63 heavy (non-hydrogen) atoms. The summed E-state index contributed by atoms with van der Waals surface area (Å²) < 4.78 is 46.1. The van der Waals surface area contributed by atoms with Gasteiger partial charge in [0.15, 0.2) is 17.3 Å². The maximum atomic E-state index is 15.4. The molecule has 0 bridgehead atoms. The van der Waals surface area contributed by atoms with Gasteiger partial charge in [-0.1, -0.05) is 95.5 Å². The van der Waals surface area contributed by atoms with Gasteiger partial charge < -0.3 is 9.84 Å². The molecule has 2 N–H and O–H groups in total. The summed E-state index contributed by atoms with van der Waals surface area (Å²) in [5, 5.41) is 11.0. The molecule has 5 aliphatic rings. The van der Waals surface area contributed by atoms with Gasteiger partial charge in [-0.05, 0) is 78.6 Å². The van der Waals surface area contributed by atoms with Crippen molar-refractivity contribution < 1.29 is 42.2 Å². The van der Waals surface area contributed by atoms with E-state index in [-0.39, 0.29) is 48.0 Å². The van der Waals surface area contributed by atoms with Crippen molar-refractivity contribution in [3.63, 3.8) is 0 Å². The molecule has 1 aromatic heterocycles. The van der Waals surface area contributed by atoms with Gasteiger partial charge in [0.2, 0.25) is 11.8 Å². The Morgan fingerprint density at radius 2 is 1.67 bits per heavy atom. The fourth-order valence-electron chi connectivity index (χ4n) is 10.6. The molecule has 4 aromatic rings. The van der Waals surface area contributed by atoms with E-state index in [9.17, 15) is 32.7 Å². The third-order valence-corrected chi connectivity index (χ3v) is 14.0. The number of anilines is 1. The number of pyridine rings is 1. The topological polar surface area (TPSA) is 132 Å². The van der Waals surface area contributed by atoms with Crippen molar-refractivity contribution >= 4 is 58.7 Å². The number of benzene rings is 3. The van der Waals surface area contributed by atoms with Gasteiger partial charge in [-0.15, -0.1) is 0 Å². The van der Waals surface area contributed by atoms with E-state index >= 15 is 4.79 Å². The molecule has 3 aromatic carbocycles. The minimum absolute atomic E-state index is 0.00625. The predicted molar refractivity (Wildman–Crippen MR) is 228 cm³/mol. The minimum Gasteiger partial charge on any atom is -0.504 e. The van der Waals surface area contributed by atoms with Gasteiger partial charge in [0, 0.05) is 42.8 Å². The Morgan fingerprint density at radius 1 is 0.937 bits per heavy atom. The number of halogens is 5. The van der Waals surface area contributed by atoms with Crippen LogP contribution in [0, 0.1) is 29.6 Å². The number of phenols is 1. The van der Waals surface area contributed by atoms with E-state index in [0.717, 1.165) is 11.6 Å². The first-order valence-corrected chi connectivity index (χ1v) is 21.5. The van der Waals surface area contributed by atoms with Crippen molar-refractivity contribution in [2.75, 3.05) is 25.6 Å². The number of likely N-dealkylation sites (tertiary alicyclic amines) is 2. The number of methoxy groups -OCH3 is 1. The molecule has 11 nitrogen and oxygen atoms in total. The molecule has 4 amide bonds. The number of imide groups is 2. The van der Waals surface area contributed by atoms with Crippen LogP contribution in [-0.2, 0) is 37.3 Å². The van der Waals surface area contributed by atoms with E-state index < -0.39 is 63.6 Å². The number of allylic oxidation sites excluding steroid dienone is 3. The number of piperidine rings is 1. The molecule has 1 saturated carbocycles. The van der Waals surface area contributed by atoms with Crippen LogP contribution in [0.15, 0.2) is 103 Å². The quantitative estimate of drug-likeness (QED) is 0.126. The number of alkyl halides is 3. The molecule has 16 heteroatoms. The number of hydrogen-bond acceptors (Lipinski definition) is 9. The van der Waals surface area contributed by atoms with Gasteiger partial charge in [-0.3, -0.25) is 34.4 Å². The molecular formula is C47H42Cl2F3N5O6. The number of fused-ring (bicyclic) bond motifs is 4. The SMILES string of the molecule is COc1cc(C=C[C@H]2C3=CC[C@@H]4C(=O)N(C5CCN(Cc6ccccc6)CC5)C(=O)[C@@H]4[C@@H]3C[C@H]3C(=O)N(Nc4ncc(C(F)(F)F)cc4Cl)C(=O)[C@@]23c2ccc(Cl)cc2)ccc1O. The fraction of sp³-hybridized carbons (Fsp3) is 0.340. The smallest absolute Gasteiger partial charge is 0.417 e. The van der Waals surface area contributed by atoms with Crippen LogP contribution in [0.3, 0.4) is 0 Å². The number of phenolic OH excluding ortho intramolecular Hbond substituents is 1. The molecule has 9 rings (SSSR count). The summed E-state index contributed by atoms with van der Waals surface area (Å²) in [5.41, 5.74) is 2.77. The first-order chi connectivity index (χ1) is 30.2. The van der Waals surface area contributed by atoms with Crippen molar-refractivity contribution in [2.45, 2.75) is 49.9 Å². The molecular weight excluding hydrogens is 858 g/mol. The molecule has 3 saturated heterocycles. The highest BCUT2D eigenvalue weighted by molar-refractivity contribution is 6.33. The van der Waals surface area contributed by atoms with Crippen molar-refractivity contribution in [1.82, 2.24) is 19.8 Å². The number of aromatic hydroxyl groups is 1. The molecule has 326 valence electrons. The number of hydrazine groups is 1. The summed E-state index contributed by atoms with van der Waals surface area (Å²) in [6, 6.07) is 21.8. The Morgan fingerprint density at radius 3 is 2.35 bits per heavy atom. The normalized spacial score (nSPS) is 26.5. The van der Waals surface area contributed by atoms with Crippen molar-refractivity contribution in [2.24, 2.45) is 29.6 Å². The van der Waals surface area contributed by atoms with Gasteiger partial charge >= 0.3 is 6.18 Å². The number of ether oxygens (including phenoxy) is 1. The zero-order valence-corrected chi connectivity index (χ0v) is 35.4. The van der Waals surface area contributed by atoms with Gasteiger partial charge in [0.25, 0.3) is 11.8 Å². The maximum absolute atomic E-state index is 15.4. The highest BCUT2D eigenvalue weighted by Crippen LogP contribution is 2.62. The predicted octanol–water partition coefficient (Wildman–Crippen LogP) is 8.32. The Labute approximate surface area is 371 Å². The number of aromatic nitrogens is 1. The number of carbonyl (C=O) groups excluding carboxylic acids is 4. The zero-order chi connectivity index (χ0) is 44.4. The molecule has 6 atom stereocenters. The second kappa shape index (κ2) is 16.5. The lowest BCUT2D eigenvalue weighted by Gasteiger charge is -2.49. The monoisotopic (exact) mass is 899 g/mol. The Balaban J connectivity index is 1.11. The summed E-state index contributed by atoms with van der Waals surface area (Å²) in [6.07, 6.45) is 2.76. The van der Waals surface area contributed by atoms with E-state index in [2.05, 4.69) is 27.4 Å². The minimum atomic E-state index is -4.75. The van der Waals surface area contributed by atoms with Gasteiger partial charge in [-0.25, -0.2) is 4.98 Å². The molecule has 4 fully saturated rings. The van der Waals surface area contributed by atoms with Crippen LogP contribution < -0.4 is 10.2 Å². The standard InChI is InChI=1S/C47H42Cl2F3N5O6/c1-63-39-21-26(8-16-38(39)58)7-15-35-32-13-14-33-40(44(61)56(42(33)59)31-17-19-55(20-18-31)25-27-5-3-2-4-6-27)34(32)23-36-43(60)57(45(62)46(35,36)28-9-11-30(48)12-10-28)54-41-37(49)22-29(24-53-41)47(50,51)52/h2-13,15-16,21-22,24,31,33-36,40,58H,14,17-20,23,25H2,1H3,(H,53,54)/t33-,34+,35-,36-,40-,46-/m0/s1. The summed E-state index contributed by atoms with van der Waals surface area (Å²) in [5.74, 6) is -6.35. The third-order valence-electron chi connectivity index (χ3n) is 13.5. The molecule has 4 heterocycles. The number of amides is 4. The van der Waals surface area contributed by atoms with Crippen molar-refractivity contribution in [3.8, 4) is 11.5 Å². The van der Waals surface area contributed by atoms with Crippen molar-refractivity contribution in [3.05, 3.63) is 135 Å². The average molecular weight is 901 g/mol. The lowest BCUT2D eigenvalue weighted by molar-refractivity contribution is -0.144. The van der Waals surface area contributed by atoms with Crippen LogP contribution in [0.4, 0.5) is 19.0 Å². The first-order valence-electron chi connectivity index (χ1n) is 20.7. The molecule has 0 radical (unpaired) electrons. The summed E-state index contributed by atoms with van der Waals surface area (Å²) in [6.45, 7) is 2.17. The number of rotatable bonds is 9. The van der Waals surface area contributed by atoms with E-state index in [1.165, 1.54) is 23.6 Å². The highest BCUT2D eigenvalue weighted by Gasteiger charge is 2.70. The summed E-state index contributed by atoms with van der Waals surface area (Å²) in [7, 11) is 1.41. The summed E-state index contributed by atoms with van der Waals surface area (Å²) in [4.78, 5) is 67.2. The molecule has 0 unspecified atom stereocenters. The number of hydrogen-bond donors (Lipinski definition) is 2. The van der Waals surface area contributed by atoms with E-state index in [0.29, 0.717) is 59.9 Å². The Kier molecular flexibility index (Phi) is 11.1. The highest BCUT2D eigenvalue weighted by atomic mass is 35.5. The van der Waals surface area contributed by atoms with Crippen LogP contribution >= 0.6 is 23.2 Å². The Hall–Kier alpha value is -5.70. The number of nitrogens with zero attached hydrogens (tertiary/aromatic N) is 4. The van der Waals surface area contributed by atoms with E-state index in [1.807, 2.05) is 24.3 Å². The second-order valence-electron chi connectivity index (χ2n) is 16.8. The van der Waals surface area contributed by atoms with E-state index in [1.54, 1.807) is 48.6 Å². The van der Waals surface area contributed by atoms with E-state index in [4.69, 9.17) is 27.9 Å². The van der Waals surface area contributed by atoms with Crippen LogP contribution in [-0.4, -0.2) is 74.8 Å². The summed E-state index contributed by atoms with van der Waals surface area (Å²) >= 11 is 12.7. The molecule has 2 aliphatic carbocycles. The van der Waals surface area contributed by atoms with Gasteiger partial charge in [0.1, 0.15) is 0 Å². The van der Waals surface area contributed by atoms with Crippen molar-refractivity contribution in [1.29, 1.82) is 0 Å². The Bertz CT molecular complexity index is 2550. The lowest BCUT2D eigenvalue weighted by Crippen LogP contribution is -2.54. The van der Waals surface area contributed by atoms with Gasteiger partial charge in [-0.2, -0.15) is 18.2 Å². The van der Waals surface area contributed by atoms with Crippen LogP contribution in [0.25, 0.3) is 6.08 Å². The first kappa shape index (κ1) is 42.6. The largest absolute Gasteiger partial charge is 0.504 e. The van der Waals surface area contributed by atoms with Crippen LogP contribution in [0.2, 0.25) is 10.0 Å². The molecule has 0 spiro atoms. The number of nitrogens with one attached hydrogen (secondary N) is 1. The zero-order valence-electron chi connectivity index (χ0n) is 33.9.